The van der Waals surface area contributed by atoms with Crippen molar-refractivity contribution in [1.82, 2.24) is 5.32 Å². The molecule has 0 spiro atoms. The molecule has 0 bridgehead atoms. The molecule has 1 N–H and O–H groups in total. The van der Waals surface area contributed by atoms with Gasteiger partial charge in [-0.3, -0.25) is 4.79 Å². The van der Waals surface area contributed by atoms with Gasteiger partial charge in [0.25, 0.3) is 0 Å². The number of hydrogen-bond acceptors (Lipinski definition) is 3. The molecule has 0 atom stereocenters. The number of nitrogens with zero attached hydrogens (tertiary/aromatic N) is 1. The van der Waals surface area contributed by atoms with Crippen LogP contribution < -0.4 is 10.2 Å². The fourth-order valence-corrected chi connectivity index (χ4v) is 3.46. The maximum Gasteiger partial charge on any atom is 0.224 e. The largest absolute Gasteiger partial charge is 0.371 e. The van der Waals surface area contributed by atoms with Crippen molar-refractivity contribution < 1.29 is 9.18 Å². The quantitative estimate of drug-likeness (QED) is 0.939. The third kappa shape index (κ3) is 3.85. The first-order chi connectivity index (χ1) is 10.7. The van der Waals surface area contributed by atoms with Crippen molar-refractivity contribution in [2.75, 3.05) is 18.0 Å². The van der Waals surface area contributed by atoms with E-state index in [4.69, 9.17) is 0 Å². The first kappa shape index (κ1) is 15.0. The predicted molar refractivity (Wildman–Crippen MR) is 87.8 cm³/mol. The highest BCUT2D eigenvalue weighted by atomic mass is 32.1. The molecule has 1 aromatic heterocycles. The third-order valence-corrected chi connectivity index (χ3v) is 4.73. The number of anilines is 1. The molecular formula is C17H19FN2OS. The summed E-state index contributed by atoms with van der Waals surface area (Å²) in [5.74, 6) is -0.113. The molecular weight excluding hydrogens is 299 g/mol. The number of carbonyl (C=O) groups is 1. The van der Waals surface area contributed by atoms with Crippen LogP contribution >= 0.6 is 11.3 Å². The van der Waals surface area contributed by atoms with Crippen LogP contribution in [-0.2, 0) is 11.2 Å². The Morgan fingerprint density at radius 1 is 1.23 bits per heavy atom. The monoisotopic (exact) mass is 318 g/mol. The minimum atomic E-state index is -0.209. The Hall–Kier alpha value is -1.88. The molecule has 3 rings (SSSR count). The van der Waals surface area contributed by atoms with Gasteiger partial charge in [0.05, 0.1) is 6.42 Å². The fourth-order valence-electron chi connectivity index (χ4n) is 2.79. The second-order valence-corrected chi connectivity index (χ2v) is 6.39. The van der Waals surface area contributed by atoms with Crippen LogP contribution in [0.15, 0.2) is 41.1 Å². The van der Waals surface area contributed by atoms with Gasteiger partial charge in [-0.2, -0.15) is 11.3 Å². The minimum Gasteiger partial charge on any atom is -0.371 e. The first-order valence-electron chi connectivity index (χ1n) is 7.51. The van der Waals surface area contributed by atoms with E-state index < -0.39 is 0 Å². The Morgan fingerprint density at radius 3 is 2.59 bits per heavy atom. The third-order valence-electron chi connectivity index (χ3n) is 4.00. The van der Waals surface area contributed by atoms with Crippen LogP contribution in [0.4, 0.5) is 10.1 Å². The molecule has 0 radical (unpaired) electrons. The van der Waals surface area contributed by atoms with E-state index in [1.165, 1.54) is 12.1 Å². The summed E-state index contributed by atoms with van der Waals surface area (Å²) in [6, 6.07) is 8.83. The number of nitrogens with one attached hydrogen (secondary N) is 1. The number of hydrogen-bond donors (Lipinski definition) is 1. The van der Waals surface area contributed by atoms with E-state index in [-0.39, 0.29) is 17.8 Å². The van der Waals surface area contributed by atoms with Crippen molar-refractivity contribution in [3.8, 4) is 0 Å². The summed E-state index contributed by atoms with van der Waals surface area (Å²) < 4.78 is 12.9. The standard InChI is InChI=1S/C17H19FN2OS/c18-14-1-3-16(4-2-14)20-8-5-15(6-9-20)19-17(21)11-13-7-10-22-12-13/h1-4,7,10,12,15H,5-6,8-9,11H2,(H,19,21). The Morgan fingerprint density at radius 2 is 1.95 bits per heavy atom. The molecule has 0 unspecified atom stereocenters. The van der Waals surface area contributed by atoms with Gasteiger partial charge in [-0.1, -0.05) is 0 Å². The zero-order valence-corrected chi connectivity index (χ0v) is 13.1. The lowest BCUT2D eigenvalue weighted by atomic mass is 10.0. The molecule has 116 valence electrons. The van der Waals surface area contributed by atoms with E-state index in [2.05, 4.69) is 10.2 Å². The smallest absolute Gasteiger partial charge is 0.224 e. The lowest BCUT2D eigenvalue weighted by Crippen LogP contribution is -2.45. The van der Waals surface area contributed by atoms with Gasteiger partial charge in [-0.25, -0.2) is 4.39 Å². The van der Waals surface area contributed by atoms with Crippen LogP contribution in [0, 0.1) is 5.82 Å². The zero-order chi connectivity index (χ0) is 15.4. The van der Waals surface area contributed by atoms with Gasteiger partial charge in [-0.15, -0.1) is 0 Å². The molecule has 1 fully saturated rings. The summed E-state index contributed by atoms with van der Waals surface area (Å²) in [7, 11) is 0. The molecule has 1 aromatic carbocycles. The van der Waals surface area contributed by atoms with E-state index in [1.54, 1.807) is 11.3 Å². The van der Waals surface area contributed by atoms with E-state index in [0.717, 1.165) is 37.2 Å². The van der Waals surface area contributed by atoms with Gasteiger partial charge >= 0.3 is 0 Å². The van der Waals surface area contributed by atoms with Gasteiger partial charge < -0.3 is 10.2 Å². The number of halogens is 1. The zero-order valence-electron chi connectivity index (χ0n) is 12.3. The van der Waals surface area contributed by atoms with Gasteiger partial charge in [-0.05, 0) is 59.5 Å². The van der Waals surface area contributed by atoms with Crippen LogP contribution in [0.2, 0.25) is 0 Å². The molecule has 1 aliphatic rings. The second-order valence-electron chi connectivity index (χ2n) is 5.61. The normalized spacial score (nSPS) is 15.8. The van der Waals surface area contributed by atoms with Crippen molar-refractivity contribution in [3.05, 3.63) is 52.5 Å². The Kier molecular flexibility index (Phi) is 4.73. The Bertz CT molecular complexity index is 604. The van der Waals surface area contributed by atoms with Crippen molar-refractivity contribution in [2.45, 2.75) is 25.3 Å². The number of benzene rings is 1. The molecule has 2 aromatic rings. The van der Waals surface area contributed by atoms with Crippen LogP contribution in [0.1, 0.15) is 18.4 Å². The summed E-state index contributed by atoms with van der Waals surface area (Å²) >= 11 is 1.61. The summed E-state index contributed by atoms with van der Waals surface area (Å²) in [4.78, 5) is 14.2. The number of carbonyl (C=O) groups excluding carboxylic acids is 1. The summed E-state index contributed by atoms with van der Waals surface area (Å²) in [6.07, 6.45) is 2.31. The number of amides is 1. The molecule has 22 heavy (non-hydrogen) atoms. The minimum absolute atomic E-state index is 0.0960. The van der Waals surface area contributed by atoms with Crippen LogP contribution in [0.25, 0.3) is 0 Å². The molecule has 1 aliphatic heterocycles. The highest BCUT2D eigenvalue weighted by Crippen LogP contribution is 2.20. The SMILES string of the molecule is O=C(Cc1ccsc1)NC1CCN(c2ccc(F)cc2)CC1. The summed E-state index contributed by atoms with van der Waals surface area (Å²) in [5, 5.41) is 7.12. The van der Waals surface area contributed by atoms with Gasteiger partial charge in [0.2, 0.25) is 5.91 Å². The van der Waals surface area contributed by atoms with Gasteiger partial charge in [0, 0.05) is 24.8 Å². The molecule has 2 heterocycles. The lowest BCUT2D eigenvalue weighted by Gasteiger charge is -2.34. The fraction of sp³-hybridized carbons (Fsp3) is 0.353. The number of rotatable bonds is 4. The van der Waals surface area contributed by atoms with E-state index in [1.807, 2.05) is 29.0 Å². The average Bonchev–Trinajstić information content (AvgIpc) is 3.02. The molecule has 5 heteroatoms. The van der Waals surface area contributed by atoms with Crippen LogP contribution in [-0.4, -0.2) is 25.0 Å². The van der Waals surface area contributed by atoms with E-state index in [9.17, 15) is 9.18 Å². The molecule has 1 amide bonds. The van der Waals surface area contributed by atoms with Crippen LogP contribution in [0.5, 0.6) is 0 Å². The van der Waals surface area contributed by atoms with Crippen LogP contribution in [0.3, 0.4) is 0 Å². The van der Waals surface area contributed by atoms with Crippen molar-refractivity contribution in [2.24, 2.45) is 0 Å². The topological polar surface area (TPSA) is 32.3 Å². The molecule has 1 saturated heterocycles. The summed E-state index contributed by atoms with van der Waals surface area (Å²) in [5.41, 5.74) is 2.12. The first-order valence-corrected chi connectivity index (χ1v) is 8.46. The summed E-state index contributed by atoms with van der Waals surface area (Å²) in [6.45, 7) is 1.77. The Labute approximate surface area is 133 Å². The maximum absolute atomic E-state index is 12.9. The lowest BCUT2D eigenvalue weighted by molar-refractivity contribution is -0.121. The average molecular weight is 318 g/mol. The predicted octanol–water partition coefficient (Wildman–Crippen LogP) is 3.21. The number of piperidine rings is 1. The van der Waals surface area contributed by atoms with E-state index >= 15 is 0 Å². The molecule has 0 saturated carbocycles. The highest BCUT2D eigenvalue weighted by molar-refractivity contribution is 7.07. The highest BCUT2D eigenvalue weighted by Gasteiger charge is 2.21. The van der Waals surface area contributed by atoms with Crippen molar-refractivity contribution in [3.63, 3.8) is 0 Å². The molecule has 3 nitrogen and oxygen atoms in total. The van der Waals surface area contributed by atoms with Crippen molar-refractivity contribution >= 4 is 22.9 Å². The van der Waals surface area contributed by atoms with Gasteiger partial charge in [0.15, 0.2) is 0 Å². The van der Waals surface area contributed by atoms with Crippen molar-refractivity contribution in [1.29, 1.82) is 0 Å². The molecule has 0 aliphatic carbocycles. The van der Waals surface area contributed by atoms with E-state index in [0.29, 0.717) is 6.42 Å². The Balaban J connectivity index is 1.47. The number of thiophene rings is 1. The maximum atomic E-state index is 12.9. The second kappa shape index (κ2) is 6.92. The van der Waals surface area contributed by atoms with Gasteiger partial charge in [0.1, 0.15) is 5.82 Å².